The number of rotatable bonds is 7. The summed E-state index contributed by atoms with van der Waals surface area (Å²) >= 11 is 0. The number of hydrogen-bond donors (Lipinski definition) is 0. The highest BCUT2D eigenvalue weighted by Gasteiger charge is 2.44. The van der Waals surface area contributed by atoms with E-state index in [4.69, 9.17) is 14.2 Å². The summed E-state index contributed by atoms with van der Waals surface area (Å²) in [5.74, 6) is 2.08. The first-order chi connectivity index (χ1) is 16.4. The van der Waals surface area contributed by atoms with Gasteiger partial charge in [-0.3, -0.25) is 9.59 Å². The average molecular weight is 466 g/mol. The molecule has 2 aliphatic heterocycles. The van der Waals surface area contributed by atoms with Gasteiger partial charge in [-0.05, 0) is 62.6 Å². The first-order valence-corrected chi connectivity index (χ1v) is 12.4. The molecular weight excluding hydrogens is 430 g/mol. The van der Waals surface area contributed by atoms with Crippen LogP contribution in [0.4, 0.5) is 0 Å². The van der Waals surface area contributed by atoms with E-state index in [9.17, 15) is 9.59 Å². The summed E-state index contributed by atoms with van der Waals surface area (Å²) in [6.45, 7) is 10.3. The smallest absolute Gasteiger partial charge is 0.253 e. The van der Waals surface area contributed by atoms with Gasteiger partial charge in [0.15, 0.2) is 17.3 Å². The number of ketones is 1. The van der Waals surface area contributed by atoms with Gasteiger partial charge >= 0.3 is 0 Å². The van der Waals surface area contributed by atoms with Gasteiger partial charge in [0, 0.05) is 31.5 Å². The maximum absolute atomic E-state index is 13.3. The third-order valence-electron chi connectivity index (χ3n) is 6.99. The number of unbranched alkanes of at least 4 members (excludes halogenated alkanes) is 1. The van der Waals surface area contributed by atoms with Crippen molar-refractivity contribution in [2.45, 2.75) is 65.4 Å². The van der Waals surface area contributed by atoms with Crippen molar-refractivity contribution in [2.24, 2.45) is 0 Å². The van der Waals surface area contributed by atoms with Gasteiger partial charge in [0.25, 0.3) is 5.91 Å². The second kappa shape index (κ2) is 10.1. The van der Waals surface area contributed by atoms with Crippen LogP contribution in [0.15, 0.2) is 30.3 Å². The molecule has 0 bridgehead atoms. The Balaban J connectivity index is 1.46. The lowest BCUT2D eigenvalue weighted by Crippen LogP contribution is -2.52. The summed E-state index contributed by atoms with van der Waals surface area (Å²) in [6.07, 6.45) is 3.65. The van der Waals surface area contributed by atoms with Crippen molar-refractivity contribution in [2.75, 3.05) is 26.3 Å². The highest BCUT2D eigenvalue weighted by molar-refractivity contribution is 6.01. The summed E-state index contributed by atoms with van der Waals surface area (Å²) < 4.78 is 18.1. The maximum Gasteiger partial charge on any atom is 0.253 e. The minimum absolute atomic E-state index is 0.0366. The molecule has 4 rings (SSSR count). The first-order valence-electron chi connectivity index (χ1n) is 12.4. The fourth-order valence-electron chi connectivity index (χ4n) is 4.72. The number of ether oxygens (including phenoxy) is 3. The Hall–Kier alpha value is -3.02. The molecule has 0 aliphatic carbocycles. The fourth-order valence-corrected chi connectivity index (χ4v) is 4.72. The van der Waals surface area contributed by atoms with Crippen LogP contribution >= 0.6 is 0 Å². The molecule has 0 aromatic heterocycles. The summed E-state index contributed by atoms with van der Waals surface area (Å²) in [4.78, 5) is 28.0. The van der Waals surface area contributed by atoms with Crippen LogP contribution in [0.5, 0.6) is 17.2 Å². The average Bonchev–Trinajstić information content (AvgIpc) is 2.83. The van der Waals surface area contributed by atoms with Gasteiger partial charge < -0.3 is 19.1 Å². The number of Topliss-reactive ketones (excluding diaryl/α,β-unsaturated/α-hetero) is 1. The minimum Gasteiger partial charge on any atom is -0.490 e. The molecule has 0 N–H and O–H groups in total. The number of nitrogens with zero attached hydrogens (tertiary/aromatic N) is 1. The van der Waals surface area contributed by atoms with E-state index in [2.05, 4.69) is 6.92 Å². The Bertz CT molecular complexity index is 1070. The highest BCUT2D eigenvalue weighted by atomic mass is 16.5. The van der Waals surface area contributed by atoms with Crippen molar-refractivity contribution < 1.29 is 23.8 Å². The second-order valence-electron chi connectivity index (χ2n) is 9.36. The van der Waals surface area contributed by atoms with E-state index in [-0.39, 0.29) is 11.7 Å². The lowest BCUT2D eigenvalue weighted by molar-refractivity contribution is -0.00621. The van der Waals surface area contributed by atoms with Crippen molar-refractivity contribution in [1.82, 2.24) is 4.90 Å². The van der Waals surface area contributed by atoms with Crippen LogP contribution in [0.1, 0.15) is 77.8 Å². The number of aryl methyl sites for hydroxylation is 1. The monoisotopic (exact) mass is 465 g/mol. The third kappa shape index (κ3) is 4.77. The third-order valence-corrected chi connectivity index (χ3v) is 6.99. The molecule has 0 saturated carbocycles. The van der Waals surface area contributed by atoms with Crippen LogP contribution in [-0.4, -0.2) is 48.5 Å². The summed E-state index contributed by atoms with van der Waals surface area (Å²) in [7, 11) is 0. The van der Waals surface area contributed by atoms with Crippen molar-refractivity contribution >= 4 is 11.7 Å². The lowest BCUT2D eigenvalue weighted by Gasteiger charge is -2.44. The second-order valence-corrected chi connectivity index (χ2v) is 9.36. The molecular formula is C28H35NO5. The molecule has 1 amide bonds. The number of likely N-dealkylation sites (tertiary alicyclic amines) is 1. The van der Waals surface area contributed by atoms with E-state index in [0.717, 1.165) is 29.7 Å². The standard InChI is InChI=1S/C28H35NO5/c1-5-7-16-33-24-11-9-21(17-25(24)32-6-2)27(31)29-14-12-28(13-15-29)18-23(30)22-10-8-19(3)20(4)26(22)34-28/h8-11,17H,5-7,12-16,18H2,1-4H3. The fraction of sp³-hybridized carbons (Fsp3) is 0.500. The largest absolute Gasteiger partial charge is 0.490 e. The number of benzene rings is 2. The zero-order valence-corrected chi connectivity index (χ0v) is 20.7. The molecule has 2 aliphatic rings. The van der Waals surface area contributed by atoms with Crippen LogP contribution < -0.4 is 14.2 Å². The van der Waals surface area contributed by atoms with Crippen molar-refractivity contribution in [3.05, 3.63) is 52.6 Å². The number of fused-ring (bicyclic) bond motifs is 1. The van der Waals surface area contributed by atoms with Gasteiger partial charge in [-0.1, -0.05) is 19.4 Å². The quantitative estimate of drug-likeness (QED) is 0.504. The number of hydrogen-bond acceptors (Lipinski definition) is 5. The van der Waals surface area contributed by atoms with Gasteiger partial charge in [0.05, 0.1) is 25.2 Å². The summed E-state index contributed by atoms with van der Waals surface area (Å²) in [6, 6.07) is 9.26. The van der Waals surface area contributed by atoms with Gasteiger partial charge in [0.2, 0.25) is 0 Å². The Morgan fingerprint density at radius 2 is 1.82 bits per heavy atom. The minimum atomic E-state index is -0.535. The molecule has 1 fully saturated rings. The molecule has 34 heavy (non-hydrogen) atoms. The molecule has 182 valence electrons. The first kappa shape index (κ1) is 24.1. The zero-order chi connectivity index (χ0) is 24.3. The van der Waals surface area contributed by atoms with Gasteiger partial charge in [-0.25, -0.2) is 0 Å². The van der Waals surface area contributed by atoms with E-state index >= 15 is 0 Å². The molecule has 2 aromatic carbocycles. The Morgan fingerprint density at radius 1 is 1.06 bits per heavy atom. The summed E-state index contributed by atoms with van der Waals surface area (Å²) in [5, 5.41) is 0. The van der Waals surface area contributed by atoms with Crippen LogP contribution in [0.3, 0.4) is 0 Å². The van der Waals surface area contributed by atoms with Gasteiger partial charge in [-0.2, -0.15) is 0 Å². The molecule has 6 nitrogen and oxygen atoms in total. The topological polar surface area (TPSA) is 65.1 Å². The lowest BCUT2D eigenvalue weighted by atomic mass is 9.81. The molecule has 0 atom stereocenters. The van der Waals surface area contributed by atoms with E-state index in [1.165, 1.54) is 0 Å². The molecule has 1 spiro atoms. The normalized spacial score (nSPS) is 16.7. The zero-order valence-electron chi connectivity index (χ0n) is 20.7. The predicted octanol–water partition coefficient (Wildman–Crippen LogP) is 5.52. The van der Waals surface area contributed by atoms with Crippen molar-refractivity contribution in [3.63, 3.8) is 0 Å². The Morgan fingerprint density at radius 3 is 2.53 bits per heavy atom. The molecule has 6 heteroatoms. The van der Waals surface area contributed by atoms with Crippen LogP contribution in [0, 0.1) is 13.8 Å². The molecule has 1 saturated heterocycles. The van der Waals surface area contributed by atoms with Gasteiger partial charge in [0.1, 0.15) is 11.4 Å². The van der Waals surface area contributed by atoms with E-state index in [1.54, 1.807) is 12.1 Å². The Labute approximate surface area is 202 Å². The molecule has 0 unspecified atom stereocenters. The molecule has 0 radical (unpaired) electrons. The number of carbonyl (C=O) groups excluding carboxylic acids is 2. The van der Waals surface area contributed by atoms with Crippen LogP contribution in [-0.2, 0) is 0 Å². The van der Waals surface area contributed by atoms with Crippen molar-refractivity contribution in [3.8, 4) is 17.2 Å². The molecule has 2 aromatic rings. The Kier molecular flexibility index (Phi) is 7.15. The number of carbonyl (C=O) groups is 2. The van der Waals surface area contributed by atoms with E-state index in [0.29, 0.717) is 68.2 Å². The number of amides is 1. The summed E-state index contributed by atoms with van der Waals surface area (Å²) in [5.41, 5.74) is 2.86. The van der Waals surface area contributed by atoms with E-state index < -0.39 is 5.60 Å². The van der Waals surface area contributed by atoms with Crippen LogP contribution in [0.25, 0.3) is 0 Å². The predicted molar refractivity (Wildman–Crippen MR) is 131 cm³/mol. The van der Waals surface area contributed by atoms with Gasteiger partial charge in [-0.15, -0.1) is 0 Å². The molecule has 2 heterocycles. The highest BCUT2D eigenvalue weighted by Crippen LogP contribution is 2.42. The maximum atomic E-state index is 13.3. The van der Waals surface area contributed by atoms with Crippen LogP contribution in [0.2, 0.25) is 0 Å². The van der Waals surface area contributed by atoms with E-state index in [1.807, 2.05) is 43.9 Å². The SMILES string of the molecule is CCCCOc1ccc(C(=O)N2CCC3(CC2)CC(=O)c2ccc(C)c(C)c2O3)cc1OCC. The van der Waals surface area contributed by atoms with Crippen molar-refractivity contribution in [1.29, 1.82) is 0 Å². The number of piperidine rings is 1.